The zero-order chi connectivity index (χ0) is 11.7. The molecule has 2 unspecified atom stereocenters. The second-order valence-corrected chi connectivity index (χ2v) is 4.91. The van der Waals surface area contributed by atoms with Gasteiger partial charge in [-0.1, -0.05) is 13.0 Å². The third-order valence-corrected chi connectivity index (χ3v) is 3.79. The number of hydrogen-bond donors (Lipinski definition) is 2. The van der Waals surface area contributed by atoms with Crippen LogP contribution in [0.3, 0.4) is 0 Å². The highest BCUT2D eigenvalue weighted by molar-refractivity contribution is 5.17. The van der Waals surface area contributed by atoms with Crippen LogP contribution >= 0.6 is 0 Å². The Labute approximate surface area is 102 Å². The Balaban J connectivity index is 1.72. The van der Waals surface area contributed by atoms with E-state index in [0.717, 1.165) is 32.5 Å². The van der Waals surface area contributed by atoms with Crippen LogP contribution < -0.4 is 10.7 Å². The molecule has 0 bridgehead atoms. The third kappa shape index (κ3) is 2.20. The monoisotopic (exact) mass is 232 g/mol. The molecular formula is C13H20N4. The normalized spacial score (nSPS) is 29.2. The number of pyridine rings is 1. The summed E-state index contributed by atoms with van der Waals surface area (Å²) in [6.07, 6.45) is 4.22. The number of aromatic nitrogens is 1. The van der Waals surface area contributed by atoms with Crippen LogP contribution in [0.25, 0.3) is 0 Å². The van der Waals surface area contributed by atoms with Crippen molar-refractivity contribution in [2.24, 2.45) is 0 Å². The standard InChI is InChI=1S/C13H20N4/c1-2-10-3-4-12(15-8-10)13-7-11-9-14-5-6-17(11)16-13/h3-4,8,11,13-14,16H,2,5-7,9H2,1H3. The Morgan fingerprint density at radius 1 is 1.47 bits per heavy atom. The molecule has 0 spiro atoms. The zero-order valence-corrected chi connectivity index (χ0v) is 10.3. The van der Waals surface area contributed by atoms with Gasteiger partial charge >= 0.3 is 0 Å². The number of hydrogen-bond acceptors (Lipinski definition) is 4. The van der Waals surface area contributed by atoms with Crippen LogP contribution in [0.1, 0.15) is 30.6 Å². The van der Waals surface area contributed by atoms with Gasteiger partial charge in [-0.05, 0) is 24.5 Å². The van der Waals surface area contributed by atoms with Gasteiger partial charge in [-0.15, -0.1) is 0 Å². The van der Waals surface area contributed by atoms with Gasteiger partial charge in [0, 0.05) is 31.9 Å². The summed E-state index contributed by atoms with van der Waals surface area (Å²) in [5.41, 5.74) is 6.07. The molecule has 3 heterocycles. The second kappa shape index (κ2) is 4.72. The lowest BCUT2D eigenvalue weighted by Gasteiger charge is -2.29. The first-order chi connectivity index (χ1) is 8.36. The first-order valence-corrected chi connectivity index (χ1v) is 6.55. The van der Waals surface area contributed by atoms with E-state index in [2.05, 4.69) is 39.8 Å². The summed E-state index contributed by atoms with van der Waals surface area (Å²) in [4.78, 5) is 4.58. The van der Waals surface area contributed by atoms with Gasteiger partial charge in [0.15, 0.2) is 0 Å². The number of aryl methyl sites for hydroxylation is 1. The lowest BCUT2D eigenvalue weighted by molar-refractivity contribution is 0.149. The van der Waals surface area contributed by atoms with Crippen LogP contribution in [-0.4, -0.2) is 35.7 Å². The highest BCUT2D eigenvalue weighted by Gasteiger charge is 2.34. The molecule has 4 heteroatoms. The van der Waals surface area contributed by atoms with Gasteiger partial charge in [-0.2, -0.15) is 0 Å². The number of piperazine rings is 1. The second-order valence-electron chi connectivity index (χ2n) is 4.91. The van der Waals surface area contributed by atoms with E-state index >= 15 is 0 Å². The maximum Gasteiger partial charge on any atom is 0.0652 e. The van der Waals surface area contributed by atoms with Gasteiger partial charge in [0.25, 0.3) is 0 Å². The summed E-state index contributed by atoms with van der Waals surface area (Å²) < 4.78 is 0. The Morgan fingerprint density at radius 3 is 3.12 bits per heavy atom. The summed E-state index contributed by atoms with van der Waals surface area (Å²) in [7, 11) is 0. The van der Waals surface area contributed by atoms with Crippen LogP contribution in [0.2, 0.25) is 0 Å². The molecule has 0 amide bonds. The third-order valence-electron chi connectivity index (χ3n) is 3.79. The smallest absolute Gasteiger partial charge is 0.0652 e. The highest BCUT2D eigenvalue weighted by Crippen LogP contribution is 2.26. The summed E-state index contributed by atoms with van der Waals surface area (Å²) >= 11 is 0. The van der Waals surface area contributed by atoms with Crippen molar-refractivity contribution in [2.45, 2.75) is 31.8 Å². The molecule has 92 valence electrons. The molecule has 0 aromatic carbocycles. The molecule has 0 saturated carbocycles. The van der Waals surface area contributed by atoms with Crippen molar-refractivity contribution in [1.82, 2.24) is 20.7 Å². The van der Waals surface area contributed by atoms with Crippen LogP contribution in [0, 0.1) is 0 Å². The fraction of sp³-hybridized carbons (Fsp3) is 0.615. The molecule has 2 saturated heterocycles. The molecule has 17 heavy (non-hydrogen) atoms. The average molecular weight is 232 g/mol. The Hall–Kier alpha value is -0.970. The fourth-order valence-corrected chi connectivity index (χ4v) is 2.70. The number of fused-ring (bicyclic) bond motifs is 1. The average Bonchev–Trinajstić information content (AvgIpc) is 2.82. The molecule has 1 aromatic heterocycles. The molecular weight excluding hydrogens is 212 g/mol. The predicted octanol–water partition coefficient (Wildman–Crippen LogP) is 0.867. The topological polar surface area (TPSA) is 40.2 Å². The number of nitrogens with zero attached hydrogens (tertiary/aromatic N) is 2. The number of hydrazine groups is 1. The van der Waals surface area contributed by atoms with Crippen molar-refractivity contribution >= 4 is 0 Å². The van der Waals surface area contributed by atoms with E-state index in [0.29, 0.717) is 12.1 Å². The van der Waals surface area contributed by atoms with Crippen LogP contribution in [-0.2, 0) is 6.42 Å². The van der Waals surface area contributed by atoms with Gasteiger partial charge in [0.1, 0.15) is 0 Å². The van der Waals surface area contributed by atoms with Gasteiger partial charge in [0.05, 0.1) is 11.7 Å². The maximum absolute atomic E-state index is 4.58. The Bertz CT molecular complexity index is 362. The SMILES string of the molecule is CCc1ccc(C2CC3CNCCN3N2)nc1. The quantitative estimate of drug-likeness (QED) is 0.794. The Morgan fingerprint density at radius 2 is 2.41 bits per heavy atom. The van der Waals surface area contributed by atoms with Gasteiger partial charge in [0.2, 0.25) is 0 Å². The Kier molecular flexibility index (Phi) is 3.09. The molecule has 2 atom stereocenters. The summed E-state index contributed by atoms with van der Waals surface area (Å²) in [5, 5.41) is 5.82. The highest BCUT2D eigenvalue weighted by atomic mass is 15.6. The summed E-state index contributed by atoms with van der Waals surface area (Å²) in [6, 6.07) is 5.38. The zero-order valence-electron chi connectivity index (χ0n) is 10.3. The number of nitrogens with one attached hydrogen (secondary N) is 2. The van der Waals surface area contributed by atoms with Crippen molar-refractivity contribution in [3.8, 4) is 0 Å². The van der Waals surface area contributed by atoms with Crippen molar-refractivity contribution in [3.63, 3.8) is 0 Å². The molecule has 2 fully saturated rings. The minimum absolute atomic E-state index is 0.394. The molecule has 2 N–H and O–H groups in total. The predicted molar refractivity (Wildman–Crippen MR) is 67.5 cm³/mol. The molecule has 0 aliphatic carbocycles. The van der Waals surface area contributed by atoms with E-state index in [-0.39, 0.29) is 0 Å². The van der Waals surface area contributed by atoms with Crippen LogP contribution in [0.15, 0.2) is 18.3 Å². The lowest BCUT2D eigenvalue weighted by Crippen LogP contribution is -2.51. The fourth-order valence-electron chi connectivity index (χ4n) is 2.70. The van der Waals surface area contributed by atoms with E-state index in [9.17, 15) is 0 Å². The summed E-state index contributed by atoms with van der Waals surface area (Å²) in [6.45, 7) is 5.43. The molecule has 0 radical (unpaired) electrons. The number of rotatable bonds is 2. The first kappa shape index (κ1) is 11.1. The van der Waals surface area contributed by atoms with E-state index in [1.165, 1.54) is 11.3 Å². The maximum atomic E-state index is 4.58. The molecule has 4 nitrogen and oxygen atoms in total. The van der Waals surface area contributed by atoms with Crippen LogP contribution in [0.5, 0.6) is 0 Å². The van der Waals surface area contributed by atoms with E-state index < -0.39 is 0 Å². The minimum Gasteiger partial charge on any atom is -0.314 e. The van der Waals surface area contributed by atoms with Crippen molar-refractivity contribution in [1.29, 1.82) is 0 Å². The van der Waals surface area contributed by atoms with Crippen LogP contribution in [0.4, 0.5) is 0 Å². The van der Waals surface area contributed by atoms with Crippen molar-refractivity contribution in [3.05, 3.63) is 29.6 Å². The van der Waals surface area contributed by atoms with Gasteiger partial charge in [-0.25, -0.2) is 10.4 Å². The van der Waals surface area contributed by atoms with E-state index in [1.807, 2.05) is 6.20 Å². The molecule has 3 rings (SSSR count). The molecule has 2 aliphatic heterocycles. The van der Waals surface area contributed by atoms with E-state index in [4.69, 9.17) is 0 Å². The summed E-state index contributed by atoms with van der Waals surface area (Å²) in [5.74, 6) is 0. The van der Waals surface area contributed by atoms with E-state index in [1.54, 1.807) is 0 Å². The van der Waals surface area contributed by atoms with Gasteiger partial charge < -0.3 is 5.32 Å². The van der Waals surface area contributed by atoms with Crippen molar-refractivity contribution in [2.75, 3.05) is 19.6 Å². The van der Waals surface area contributed by atoms with Gasteiger partial charge in [-0.3, -0.25) is 4.98 Å². The van der Waals surface area contributed by atoms with Crippen molar-refractivity contribution < 1.29 is 0 Å². The molecule has 1 aromatic rings. The first-order valence-electron chi connectivity index (χ1n) is 6.55. The minimum atomic E-state index is 0.394. The lowest BCUT2D eigenvalue weighted by atomic mass is 10.0. The molecule has 2 aliphatic rings. The largest absolute Gasteiger partial charge is 0.314 e.